The fourth-order valence-electron chi connectivity index (χ4n) is 1.58. The van der Waals surface area contributed by atoms with Gasteiger partial charge in [0.15, 0.2) is 6.61 Å². The standard InChI is InChI=1S/C14H21N3O4/c1-17(2)8-4-7-15-14(20)16-11-5-3-6-12(9-11)21-10-13(18)19/h3,5-6,9H,4,7-8,10H2,1-2H3,(H,18,19)(H2,15,16,20). The Labute approximate surface area is 123 Å². The van der Waals surface area contributed by atoms with Crippen molar-refractivity contribution in [3.63, 3.8) is 0 Å². The van der Waals surface area contributed by atoms with E-state index in [4.69, 9.17) is 9.84 Å². The molecule has 0 saturated heterocycles. The summed E-state index contributed by atoms with van der Waals surface area (Å²) < 4.78 is 5.04. The van der Waals surface area contributed by atoms with E-state index in [1.54, 1.807) is 24.3 Å². The van der Waals surface area contributed by atoms with Gasteiger partial charge in [0.25, 0.3) is 0 Å². The average Bonchev–Trinajstić information content (AvgIpc) is 2.41. The van der Waals surface area contributed by atoms with Crippen molar-refractivity contribution >= 4 is 17.7 Å². The number of nitrogens with one attached hydrogen (secondary N) is 2. The Kier molecular flexibility index (Phi) is 7.03. The number of benzene rings is 1. The van der Waals surface area contributed by atoms with Crippen LogP contribution in [0.25, 0.3) is 0 Å². The van der Waals surface area contributed by atoms with Crippen LogP contribution in [0.4, 0.5) is 10.5 Å². The van der Waals surface area contributed by atoms with Crippen molar-refractivity contribution in [3.8, 4) is 5.75 Å². The summed E-state index contributed by atoms with van der Waals surface area (Å²) in [5.41, 5.74) is 0.544. The lowest BCUT2D eigenvalue weighted by atomic mass is 10.3. The molecular weight excluding hydrogens is 274 g/mol. The lowest BCUT2D eigenvalue weighted by molar-refractivity contribution is -0.139. The number of hydrogen-bond acceptors (Lipinski definition) is 4. The van der Waals surface area contributed by atoms with Crippen LogP contribution in [0.15, 0.2) is 24.3 Å². The molecule has 0 bridgehead atoms. The first-order chi connectivity index (χ1) is 9.97. The highest BCUT2D eigenvalue weighted by Gasteiger charge is 2.04. The molecule has 1 rings (SSSR count). The maximum atomic E-state index is 11.7. The molecule has 0 radical (unpaired) electrons. The molecule has 1 aromatic rings. The van der Waals surface area contributed by atoms with Gasteiger partial charge in [-0.1, -0.05) is 6.07 Å². The van der Waals surface area contributed by atoms with E-state index in [-0.39, 0.29) is 6.03 Å². The molecule has 7 nitrogen and oxygen atoms in total. The fourth-order valence-corrected chi connectivity index (χ4v) is 1.58. The Balaban J connectivity index is 2.38. The molecule has 0 aliphatic carbocycles. The van der Waals surface area contributed by atoms with Crippen LogP contribution in [0.2, 0.25) is 0 Å². The summed E-state index contributed by atoms with van der Waals surface area (Å²) >= 11 is 0. The minimum atomic E-state index is -1.05. The number of amides is 2. The summed E-state index contributed by atoms with van der Waals surface area (Å²) in [5, 5.41) is 14.0. The number of carboxylic acids is 1. The van der Waals surface area contributed by atoms with E-state index in [0.29, 0.717) is 18.0 Å². The predicted octanol–water partition coefficient (Wildman–Crippen LogP) is 1.22. The summed E-state index contributed by atoms with van der Waals surface area (Å²) in [6.45, 7) is 1.07. The summed E-state index contributed by atoms with van der Waals surface area (Å²) in [7, 11) is 3.95. The van der Waals surface area contributed by atoms with Crippen molar-refractivity contribution in [2.75, 3.05) is 39.1 Å². The molecule has 116 valence electrons. The van der Waals surface area contributed by atoms with Gasteiger partial charge in [-0.2, -0.15) is 0 Å². The van der Waals surface area contributed by atoms with Crippen LogP contribution in [0.1, 0.15) is 6.42 Å². The van der Waals surface area contributed by atoms with Gasteiger partial charge in [-0.15, -0.1) is 0 Å². The van der Waals surface area contributed by atoms with Crippen LogP contribution in [-0.2, 0) is 4.79 Å². The zero-order valence-corrected chi connectivity index (χ0v) is 12.3. The van der Waals surface area contributed by atoms with Gasteiger partial charge in [0.2, 0.25) is 0 Å². The highest BCUT2D eigenvalue weighted by Crippen LogP contribution is 2.17. The minimum Gasteiger partial charge on any atom is -0.482 e. The molecule has 0 unspecified atom stereocenters. The summed E-state index contributed by atoms with van der Waals surface area (Å²) in [4.78, 5) is 24.1. The summed E-state index contributed by atoms with van der Waals surface area (Å²) in [6, 6.07) is 6.28. The number of carbonyl (C=O) groups excluding carboxylic acids is 1. The normalized spacial score (nSPS) is 10.2. The van der Waals surface area contributed by atoms with Gasteiger partial charge in [-0.3, -0.25) is 0 Å². The number of carboxylic acid groups (broad SMARTS) is 1. The van der Waals surface area contributed by atoms with Crippen molar-refractivity contribution in [2.24, 2.45) is 0 Å². The molecule has 0 fully saturated rings. The zero-order chi connectivity index (χ0) is 15.7. The van der Waals surface area contributed by atoms with E-state index >= 15 is 0 Å². The highest BCUT2D eigenvalue weighted by atomic mass is 16.5. The van der Waals surface area contributed by atoms with E-state index in [2.05, 4.69) is 10.6 Å². The number of hydrogen-bond donors (Lipinski definition) is 3. The quantitative estimate of drug-likeness (QED) is 0.627. The first-order valence-electron chi connectivity index (χ1n) is 6.61. The van der Waals surface area contributed by atoms with Gasteiger partial charge in [0.05, 0.1) is 0 Å². The number of rotatable bonds is 8. The molecule has 0 spiro atoms. The molecule has 0 saturated carbocycles. The molecule has 0 heterocycles. The maximum Gasteiger partial charge on any atom is 0.341 e. The number of aliphatic carboxylic acids is 1. The van der Waals surface area contributed by atoms with E-state index in [0.717, 1.165) is 13.0 Å². The highest BCUT2D eigenvalue weighted by molar-refractivity contribution is 5.89. The molecule has 1 aromatic carbocycles. The van der Waals surface area contributed by atoms with E-state index in [1.165, 1.54) is 0 Å². The van der Waals surface area contributed by atoms with Gasteiger partial charge in [-0.25, -0.2) is 9.59 Å². The number of urea groups is 1. The van der Waals surface area contributed by atoms with Crippen LogP contribution >= 0.6 is 0 Å². The third kappa shape index (κ3) is 7.78. The number of ether oxygens (including phenoxy) is 1. The maximum absolute atomic E-state index is 11.7. The van der Waals surface area contributed by atoms with Crippen molar-refractivity contribution in [2.45, 2.75) is 6.42 Å². The molecule has 0 aromatic heterocycles. The predicted molar refractivity (Wildman–Crippen MR) is 79.8 cm³/mol. The smallest absolute Gasteiger partial charge is 0.341 e. The monoisotopic (exact) mass is 295 g/mol. The number of anilines is 1. The molecule has 0 atom stereocenters. The zero-order valence-electron chi connectivity index (χ0n) is 12.3. The van der Waals surface area contributed by atoms with Crippen LogP contribution < -0.4 is 15.4 Å². The van der Waals surface area contributed by atoms with Crippen molar-refractivity contribution in [1.29, 1.82) is 0 Å². The van der Waals surface area contributed by atoms with Crippen LogP contribution in [0, 0.1) is 0 Å². The average molecular weight is 295 g/mol. The summed E-state index contributed by atoms with van der Waals surface area (Å²) in [5.74, 6) is -0.658. The Morgan fingerprint density at radius 1 is 1.33 bits per heavy atom. The lowest BCUT2D eigenvalue weighted by Crippen LogP contribution is -2.31. The van der Waals surface area contributed by atoms with Crippen LogP contribution in [-0.4, -0.2) is 55.8 Å². The Hall–Kier alpha value is -2.28. The van der Waals surface area contributed by atoms with E-state index in [9.17, 15) is 9.59 Å². The molecule has 21 heavy (non-hydrogen) atoms. The molecule has 3 N–H and O–H groups in total. The van der Waals surface area contributed by atoms with Crippen LogP contribution in [0.3, 0.4) is 0 Å². The molecular formula is C14H21N3O4. The lowest BCUT2D eigenvalue weighted by Gasteiger charge is -2.11. The van der Waals surface area contributed by atoms with Crippen molar-refractivity contribution in [1.82, 2.24) is 10.2 Å². The molecule has 0 aliphatic rings. The first-order valence-corrected chi connectivity index (χ1v) is 6.61. The topological polar surface area (TPSA) is 90.9 Å². The van der Waals surface area contributed by atoms with Crippen molar-refractivity contribution in [3.05, 3.63) is 24.3 Å². The minimum absolute atomic E-state index is 0.302. The van der Waals surface area contributed by atoms with Gasteiger partial charge in [-0.05, 0) is 39.2 Å². The second-order valence-electron chi connectivity index (χ2n) is 4.75. The number of nitrogens with zero attached hydrogens (tertiary/aromatic N) is 1. The van der Waals surface area contributed by atoms with Crippen LogP contribution in [0.5, 0.6) is 5.75 Å². The second-order valence-corrected chi connectivity index (χ2v) is 4.75. The second kappa shape index (κ2) is 8.80. The SMILES string of the molecule is CN(C)CCCNC(=O)Nc1cccc(OCC(=O)O)c1. The Morgan fingerprint density at radius 2 is 2.10 bits per heavy atom. The molecule has 0 aliphatic heterocycles. The van der Waals surface area contributed by atoms with Gasteiger partial charge in [0, 0.05) is 18.3 Å². The molecule has 2 amide bonds. The van der Waals surface area contributed by atoms with Crippen molar-refractivity contribution < 1.29 is 19.4 Å². The van der Waals surface area contributed by atoms with E-state index in [1.807, 2.05) is 19.0 Å². The van der Waals surface area contributed by atoms with Gasteiger partial charge in [0.1, 0.15) is 5.75 Å². The fraction of sp³-hybridized carbons (Fsp3) is 0.429. The third-order valence-corrected chi connectivity index (χ3v) is 2.52. The van der Waals surface area contributed by atoms with E-state index < -0.39 is 12.6 Å². The largest absolute Gasteiger partial charge is 0.482 e. The van der Waals surface area contributed by atoms with Gasteiger partial charge < -0.3 is 25.4 Å². The number of carbonyl (C=O) groups is 2. The van der Waals surface area contributed by atoms with Gasteiger partial charge >= 0.3 is 12.0 Å². The summed E-state index contributed by atoms with van der Waals surface area (Å²) in [6.07, 6.45) is 0.863. The molecule has 7 heteroatoms. The third-order valence-electron chi connectivity index (χ3n) is 2.52. The Morgan fingerprint density at radius 3 is 2.76 bits per heavy atom. The Bertz CT molecular complexity index is 477. The first kappa shape index (κ1) is 16.8.